The second-order valence-corrected chi connectivity index (χ2v) is 17.6. The minimum absolute atomic E-state index is 0.209. The van der Waals surface area contributed by atoms with Crippen LogP contribution in [0, 0.1) is 0 Å². The van der Waals surface area contributed by atoms with Crippen molar-refractivity contribution in [3.8, 4) is 0 Å². The summed E-state index contributed by atoms with van der Waals surface area (Å²) in [7, 11) is 0.209. The summed E-state index contributed by atoms with van der Waals surface area (Å²) in [5.41, 5.74) is 2.54. The summed E-state index contributed by atoms with van der Waals surface area (Å²) in [6.45, 7) is 0. The van der Waals surface area contributed by atoms with Gasteiger partial charge in [-0.3, -0.25) is 0 Å². The number of rotatable bonds is 11. The van der Waals surface area contributed by atoms with Gasteiger partial charge in [0, 0.05) is 0 Å². The van der Waals surface area contributed by atoms with Gasteiger partial charge >= 0.3 is 157 Å². The van der Waals surface area contributed by atoms with Crippen LogP contribution in [-0.2, 0) is 0 Å². The predicted octanol–water partition coefficient (Wildman–Crippen LogP) is 3.54. The van der Waals surface area contributed by atoms with Crippen molar-refractivity contribution in [1.29, 1.82) is 0 Å². The molecule has 1 unspecified atom stereocenters. The quantitative estimate of drug-likeness (QED) is 0.346. The van der Waals surface area contributed by atoms with E-state index in [9.17, 15) is 20.4 Å². The molecule has 6 heteroatoms. The van der Waals surface area contributed by atoms with Gasteiger partial charge in [-0.05, 0) is 0 Å². The Kier molecular flexibility index (Phi) is 8.16. The first-order chi connectivity index (χ1) is 12.6. The molecule has 0 aliphatic rings. The fourth-order valence-corrected chi connectivity index (χ4v) is 8.57. The van der Waals surface area contributed by atoms with Crippen molar-refractivity contribution >= 4 is 14.6 Å². The van der Waals surface area contributed by atoms with Crippen molar-refractivity contribution in [2.24, 2.45) is 0 Å². The van der Waals surface area contributed by atoms with Crippen LogP contribution in [0.15, 0.2) is 60.7 Å². The van der Waals surface area contributed by atoms with Crippen molar-refractivity contribution in [3.63, 3.8) is 0 Å². The summed E-state index contributed by atoms with van der Waals surface area (Å²) in [4.78, 5) is 0. The Labute approximate surface area is 157 Å². The molecule has 0 aromatic heterocycles. The molecule has 0 radical (unpaired) electrons. The van der Waals surface area contributed by atoms with Gasteiger partial charge in [-0.15, -0.1) is 0 Å². The Balaban J connectivity index is 2.07. The molecule has 1 atom stereocenters. The van der Waals surface area contributed by atoms with Crippen LogP contribution in [0.1, 0.15) is 29.9 Å². The average molecular weight is 396 g/mol. The maximum atomic E-state index is 9.78. The molecule has 0 aliphatic heterocycles. The van der Waals surface area contributed by atoms with E-state index in [0.29, 0.717) is 5.92 Å². The summed E-state index contributed by atoms with van der Waals surface area (Å²) in [5, 5.41) is 39.1. The van der Waals surface area contributed by atoms with Crippen LogP contribution in [0.2, 0.25) is 0 Å². The van der Waals surface area contributed by atoms with Gasteiger partial charge in [0.25, 0.3) is 0 Å². The molecule has 144 valence electrons. The summed E-state index contributed by atoms with van der Waals surface area (Å²) < 4.78 is 0. The number of hydrogen-bond donors (Lipinski definition) is 4. The van der Waals surface area contributed by atoms with Crippen molar-refractivity contribution in [1.82, 2.24) is 0 Å². The molecule has 2 aromatic rings. The summed E-state index contributed by atoms with van der Waals surface area (Å²) in [6.07, 6.45) is -1.75. The molecule has 0 saturated carbocycles. The van der Waals surface area contributed by atoms with E-state index in [-0.39, 0.29) is 33.7 Å². The number of benzene rings is 2. The third-order valence-corrected chi connectivity index (χ3v) is 14.6. The fraction of sp³-hybridized carbons (Fsp3) is 0.400. The molecule has 0 amide bonds. The first-order valence-corrected chi connectivity index (χ1v) is 13.9. The second-order valence-electron chi connectivity index (χ2n) is 6.96. The van der Waals surface area contributed by atoms with Gasteiger partial charge in [-0.2, -0.15) is 0 Å². The molecule has 0 bridgehead atoms. The third-order valence-electron chi connectivity index (χ3n) is 5.12. The molecule has 4 nitrogen and oxygen atoms in total. The van der Waals surface area contributed by atoms with Crippen molar-refractivity contribution in [2.75, 3.05) is 31.6 Å². The summed E-state index contributed by atoms with van der Waals surface area (Å²) in [6, 6.07) is 20.8. The van der Waals surface area contributed by atoms with Crippen molar-refractivity contribution < 1.29 is 20.4 Å². The molecule has 0 spiro atoms. The zero-order valence-electron chi connectivity index (χ0n) is 15.0. The molecule has 0 saturated heterocycles. The second kappa shape index (κ2) is 9.90. The van der Waals surface area contributed by atoms with Crippen LogP contribution in [0.5, 0.6) is 0 Å². The molecular weight excluding hydrogens is 366 g/mol. The molecule has 0 aliphatic carbocycles. The molecule has 0 heterocycles. The number of hydrogen-bond acceptors (Lipinski definition) is 4. The van der Waals surface area contributed by atoms with Crippen molar-refractivity contribution in [3.05, 3.63) is 71.8 Å². The van der Waals surface area contributed by atoms with Gasteiger partial charge in [0.1, 0.15) is 0 Å². The van der Waals surface area contributed by atoms with Gasteiger partial charge in [-0.25, -0.2) is 0 Å². The van der Waals surface area contributed by atoms with Crippen LogP contribution >= 0.6 is 14.6 Å². The van der Waals surface area contributed by atoms with E-state index in [1.165, 1.54) is 11.1 Å². The van der Waals surface area contributed by atoms with E-state index in [4.69, 9.17) is 0 Å². The van der Waals surface area contributed by atoms with E-state index >= 15 is 0 Å². The number of aliphatic hydroxyl groups excluding tert-OH is 4. The van der Waals surface area contributed by atoms with Gasteiger partial charge in [0.2, 0.25) is 0 Å². The maximum absolute atomic E-state index is 9.78. The van der Waals surface area contributed by atoms with E-state index in [1.807, 2.05) is 12.1 Å². The molecule has 26 heavy (non-hydrogen) atoms. The SMILES string of the molecule is OCP(CO)(CO)(CO)PCCCC(c1ccccc1)c1ccccc1. The van der Waals surface area contributed by atoms with Crippen molar-refractivity contribution in [2.45, 2.75) is 18.8 Å². The Bertz CT molecular complexity index is 584. The monoisotopic (exact) mass is 396 g/mol. The van der Waals surface area contributed by atoms with E-state index in [0.717, 1.165) is 19.0 Å². The normalized spacial score (nSPS) is 14.0. The third kappa shape index (κ3) is 4.89. The first-order valence-electron chi connectivity index (χ1n) is 8.91. The first kappa shape index (κ1) is 21.4. The fourth-order valence-electron chi connectivity index (χ4n) is 3.07. The standard InChI is InChI=1S/C20H30O4P2/c21-14-26(15-22,16-23,17-24)25-13-7-12-20(18-8-3-1-4-9-18)19-10-5-2-6-11-19/h1-6,8-11,20-25H,7,12-17H2. The molecule has 2 rings (SSSR count). The molecular formula is C20H30O4P2. The Morgan fingerprint density at radius 3 is 1.50 bits per heavy atom. The Morgan fingerprint density at radius 1 is 0.692 bits per heavy atom. The van der Waals surface area contributed by atoms with Gasteiger partial charge in [0.05, 0.1) is 0 Å². The zero-order valence-corrected chi connectivity index (χ0v) is 16.9. The summed E-state index contributed by atoms with van der Waals surface area (Å²) >= 11 is 0. The van der Waals surface area contributed by atoms with Crippen LogP contribution in [0.4, 0.5) is 0 Å². The molecule has 0 fully saturated rings. The minimum atomic E-state index is -3.20. The van der Waals surface area contributed by atoms with Gasteiger partial charge in [-0.1, -0.05) is 0 Å². The van der Waals surface area contributed by atoms with Crippen LogP contribution < -0.4 is 0 Å². The molecule has 2 aromatic carbocycles. The number of aliphatic hydroxyl groups is 4. The van der Waals surface area contributed by atoms with E-state index < -0.39 is 6.29 Å². The van der Waals surface area contributed by atoms with Crippen LogP contribution in [-0.4, -0.2) is 52.0 Å². The Hall–Kier alpha value is -0.860. The predicted molar refractivity (Wildman–Crippen MR) is 112 cm³/mol. The topological polar surface area (TPSA) is 80.9 Å². The van der Waals surface area contributed by atoms with E-state index in [1.54, 1.807) is 0 Å². The summed E-state index contributed by atoms with van der Waals surface area (Å²) in [5.74, 6) is 0.291. The average Bonchev–Trinajstić information content (AvgIpc) is 2.73. The van der Waals surface area contributed by atoms with E-state index in [2.05, 4.69) is 48.5 Å². The zero-order chi connectivity index (χ0) is 18.9. The van der Waals surface area contributed by atoms with Crippen LogP contribution in [0.25, 0.3) is 0 Å². The Morgan fingerprint density at radius 2 is 1.12 bits per heavy atom. The molecule has 4 N–H and O–H groups in total. The van der Waals surface area contributed by atoms with Gasteiger partial charge in [0.15, 0.2) is 0 Å². The van der Waals surface area contributed by atoms with Crippen LogP contribution in [0.3, 0.4) is 0 Å². The van der Waals surface area contributed by atoms with Gasteiger partial charge < -0.3 is 0 Å².